The molecule has 0 unspecified atom stereocenters. The first-order chi connectivity index (χ1) is 9.53. The Kier molecular flexibility index (Phi) is 5.03. The molecule has 1 amide bonds. The number of aryl methyl sites for hydroxylation is 1. The molecular weight excluding hydrogens is 289 g/mol. The predicted octanol–water partition coefficient (Wildman–Crippen LogP) is 2.49. The van der Waals surface area contributed by atoms with Gasteiger partial charge in [-0.2, -0.15) is 13.2 Å². The molecule has 8 heteroatoms. The second-order valence-corrected chi connectivity index (χ2v) is 4.88. The smallest absolute Gasteiger partial charge is 0.405 e. The van der Waals surface area contributed by atoms with Gasteiger partial charge in [-0.3, -0.25) is 4.79 Å². The van der Waals surface area contributed by atoms with E-state index in [4.69, 9.17) is 4.74 Å². The third kappa shape index (κ3) is 4.51. The molecule has 0 spiro atoms. The van der Waals surface area contributed by atoms with Crippen molar-refractivity contribution in [1.82, 2.24) is 10.3 Å². The summed E-state index contributed by atoms with van der Waals surface area (Å²) in [5.74, 6) is -1.54. The van der Waals surface area contributed by atoms with Crippen molar-refractivity contribution in [1.29, 1.82) is 0 Å². The standard InChI is InChI=1S/C13H17F3N2O3/c1-6(2)21-12(20)9-7(3)10(18-8(9)4)11(19)17-5-13(14,15)16/h6,18H,5H2,1-4H3,(H,17,19). The van der Waals surface area contributed by atoms with Gasteiger partial charge in [0.05, 0.1) is 11.7 Å². The summed E-state index contributed by atoms with van der Waals surface area (Å²) in [5.41, 5.74) is 0.724. The summed E-state index contributed by atoms with van der Waals surface area (Å²) in [6.07, 6.45) is -4.83. The number of nitrogens with one attached hydrogen (secondary N) is 2. The maximum atomic E-state index is 12.1. The summed E-state index contributed by atoms with van der Waals surface area (Å²) < 4.78 is 41.3. The van der Waals surface area contributed by atoms with Crippen molar-refractivity contribution in [2.24, 2.45) is 0 Å². The zero-order valence-electron chi connectivity index (χ0n) is 12.1. The van der Waals surface area contributed by atoms with Crippen LogP contribution in [0.5, 0.6) is 0 Å². The molecule has 2 N–H and O–H groups in total. The van der Waals surface area contributed by atoms with Gasteiger partial charge in [0.25, 0.3) is 5.91 Å². The predicted molar refractivity (Wildman–Crippen MR) is 69.2 cm³/mol. The maximum Gasteiger partial charge on any atom is 0.405 e. The van der Waals surface area contributed by atoms with Gasteiger partial charge in [0, 0.05) is 5.69 Å². The van der Waals surface area contributed by atoms with Crippen LogP contribution >= 0.6 is 0 Å². The number of amides is 1. The van der Waals surface area contributed by atoms with E-state index >= 15 is 0 Å². The van der Waals surface area contributed by atoms with E-state index in [1.165, 1.54) is 6.92 Å². The molecule has 21 heavy (non-hydrogen) atoms. The number of hydrogen-bond acceptors (Lipinski definition) is 3. The van der Waals surface area contributed by atoms with Crippen molar-refractivity contribution in [3.8, 4) is 0 Å². The Balaban J connectivity index is 2.96. The topological polar surface area (TPSA) is 71.2 Å². The van der Waals surface area contributed by atoms with Gasteiger partial charge in [-0.1, -0.05) is 0 Å². The second-order valence-electron chi connectivity index (χ2n) is 4.88. The van der Waals surface area contributed by atoms with Crippen LogP contribution in [0.2, 0.25) is 0 Å². The van der Waals surface area contributed by atoms with Gasteiger partial charge in [0.15, 0.2) is 0 Å². The zero-order valence-corrected chi connectivity index (χ0v) is 12.1. The molecule has 0 aliphatic heterocycles. The van der Waals surface area contributed by atoms with Crippen LogP contribution in [-0.4, -0.2) is 35.7 Å². The Morgan fingerprint density at radius 3 is 2.33 bits per heavy atom. The van der Waals surface area contributed by atoms with Crippen molar-refractivity contribution in [2.75, 3.05) is 6.54 Å². The van der Waals surface area contributed by atoms with Crippen molar-refractivity contribution in [3.05, 3.63) is 22.5 Å². The summed E-state index contributed by atoms with van der Waals surface area (Å²) in [6.45, 7) is 4.93. The molecule has 118 valence electrons. The van der Waals surface area contributed by atoms with Gasteiger partial charge in [-0.25, -0.2) is 4.79 Å². The number of H-pyrrole nitrogens is 1. The number of rotatable bonds is 4. The number of carbonyl (C=O) groups excluding carboxylic acids is 2. The number of aromatic amines is 1. The molecule has 1 heterocycles. The van der Waals surface area contributed by atoms with Crippen LogP contribution in [0.25, 0.3) is 0 Å². The van der Waals surface area contributed by atoms with Crippen LogP contribution in [0, 0.1) is 13.8 Å². The molecule has 0 aliphatic carbocycles. The summed E-state index contributed by atoms with van der Waals surface area (Å²) in [5, 5.41) is 1.75. The highest BCUT2D eigenvalue weighted by molar-refractivity contribution is 6.00. The minimum absolute atomic E-state index is 0.0764. The van der Waals surface area contributed by atoms with Gasteiger partial charge in [0.2, 0.25) is 0 Å². The van der Waals surface area contributed by atoms with E-state index in [1.807, 2.05) is 0 Å². The van der Waals surface area contributed by atoms with E-state index in [0.717, 1.165) is 0 Å². The highest BCUT2D eigenvalue weighted by Gasteiger charge is 2.29. The Bertz CT molecular complexity index is 548. The average Bonchev–Trinajstić information content (AvgIpc) is 2.60. The monoisotopic (exact) mass is 306 g/mol. The average molecular weight is 306 g/mol. The Morgan fingerprint density at radius 2 is 1.86 bits per heavy atom. The molecule has 0 fully saturated rings. The van der Waals surface area contributed by atoms with Gasteiger partial charge in [-0.15, -0.1) is 0 Å². The van der Waals surface area contributed by atoms with Crippen LogP contribution in [-0.2, 0) is 4.74 Å². The van der Waals surface area contributed by atoms with Crippen molar-refractivity contribution >= 4 is 11.9 Å². The van der Waals surface area contributed by atoms with E-state index in [0.29, 0.717) is 5.69 Å². The number of aromatic nitrogens is 1. The zero-order chi connectivity index (χ0) is 16.4. The molecule has 0 atom stereocenters. The third-order valence-corrected chi connectivity index (χ3v) is 2.66. The van der Waals surface area contributed by atoms with E-state index < -0.39 is 24.6 Å². The first-order valence-corrected chi connectivity index (χ1v) is 6.28. The minimum atomic E-state index is -4.50. The van der Waals surface area contributed by atoms with Crippen molar-refractivity contribution in [2.45, 2.75) is 40.0 Å². The molecular formula is C13H17F3N2O3. The SMILES string of the molecule is Cc1[nH]c(C(=O)NCC(F)(F)F)c(C)c1C(=O)OC(C)C. The van der Waals surface area contributed by atoms with E-state index in [9.17, 15) is 22.8 Å². The fraction of sp³-hybridized carbons (Fsp3) is 0.538. The lowest BCUT2D eigenvalue weighted by Gasteiger charge is -2.09. The highest BCUT2D eigenvalue weighted by Crippen LogP contribution is 2.20. The molecule has 0 saturated carbocycles. The van der Waals surface area contributed by atoms with Crippen molar-refractivity contribution in [3.63, 3.8) is 0 Å². The Morgan fingerprint density at radius 1 is 1.29 bits per heavy atom. The molecule has 0 radical (unpaired) electrons. The third-order valence-electron chi connectivity index (χ3n) is 2.66. The van der Waals surface area contributed by atoms with Crippen molar-refractivity contribution < 1.29 is 27.5 Å². The Hall–Kier alpha value is -1.99. The lowest BCUT2D eigenvalue weighted by atomic mass is 10.1. The molecule has 1 aromatic rings. The first-order valence-electron chi connectivity index (χ1n) is 6.28. The fourth-order valence-electron chi connectivity index (χ4n) is 1.83. The first kappa shape index (κ1) is 17.1. The highest BCUT2D eigenvalue weighted by atomic mass is 19.4. The number of ether oxygens (including phenoxy) is 1. The Labute approximate surface area is 119 Å². The quantitative estimate of drug-likeness (QED) is 0.840. The van der Waals surface area contributed by atoms with Crippen LogP contribution in [0.3, 0.4) is 0 Å². The summed E-state index contributed by atoms with van der Waals surface area (Å²) in [7, 11) is 0. The lowest BCUT2D eigenvalue weighted by molar-refractivity contribution is -0.123. The van der Waals surface area contributed by atoms with Gasteiger partial charge in [0.1, 0.15) is 12.2 Å². The van der Waals surface area contributed by atoms with E-state index in [2.05, 4.69) is 4.98 Å². The summed E-state index contributed by atoms with van der Waals surface area (Å²) >= 11 is 0. The largest absolute Gasteiger partial charge is 0.459 e. The van der Waals surface area contributed by atoms with E-state index in [-0.39, 0.29) is 22.9 Å². The van der Waals surface area contributed by atoms with Crippen LogP contribution in [0.15, 0.2) is 0 Å². The number of hydrogen-bond donors (Lipinski definition) is 2. The van der Waals surface area contributed by atoms with Crippen LogP contribution in [0.1, 0.15) is 46.0 Å². The minimum Gasteiger partial charge on any atom is -0.459 e. The fourth-order valence-corrected chi connectivity index (χ4v) is 1.83. The number of alkyl halides is 3. The molecule has 5 nitrogen and oxygen atoms in total. The van der Waals surface area contributed by atoms with Gasteiger partial charge in [-0.05, 0) is 33.3 Å². The lowest BCUT2D eigenvalue weighted by Crippen LogP contribution is -2.34. The molecule has 0 bridgehead atoms. The van der Waals surface area contributed by atoms with Gasteiger partial charge < -0.3 is 15.0 Å². The van der Waals surface area contributed by atoms with Crippen LogP contribution < -0.4 is 5.32 Å². The molecule has 0 aromatic carbocycles. The molecule has 0 aliphatic rings. The number of carbonyl (C=O) groups is 2. The van der Waals surface area contributed by atoms with Crippen LogP contribution in [0.4, 0.5) is 13.2 Å². The maximum absolute atomic E-state index is 12.1. The summed E-state index contributed by atoms with van der Waals surface area (Å²) in [4.78, 5) is 26.2. The van der Waals surface area contributed by atoms with Gasteiger partial charge >= 0.3 is 12.1 Å². The van der Waals surface area contributed by atoms with E-state index in [1.54, 1.807) is 26.1 Å². The molecule has 1 rings (SSSR count). The second kappa shape index (κ2) is 6.19. The summed E-state index contributed by atoms with van der Waals surface area (Å²) in [6, 6.07) is 0. The molecule has 1 aromatic heterocycles. The number of esters is 1. The normalized spacial score (nSPS) is 11.6. The molecule has 0 saturated heterocycles. The number of halogens is 3.